The maximum Gasteiger partial charge on any atom is 0.0534 e. The zero-order valence-electron chi connectivity index (χ0n) is 8.36. The van der Waals surface area contributed by atoms with Crippen LogP contribution in [0, 0.1) is 5.41 Å². The molecule has 1 N–H and O–H groups in total. The highest BCUT2D eigenvalue weighted by Gasteiger charge is 2.42. The molecule has 1 saturated carbocycles. The molecule has 0 radical (unpaired) electrons. The van der Waals surface area contributed by atoms with Crippen LogP contribution in [0.5, 0.6) is 0 Å². The topological polar surface area (TPSA) is 21.3 Å². The van der Waals surface area contributed by atoms with Gasteiger partial charge in [0.15, 0.2) is 0 Å². The molecule has 0 atom stereocenters. The molecule has 0 spiro atoms. The molecule has 1 rings (SSSR count). The normalized spacial score (nSPS) is 19.5. The number of hydrogen-bond acceptors (Lipinski definition) is 2. The molecule has 0 heterocycles. The Morgan fingerprint density at radius 3 is 2.58 bits per heavy atom. The first-order chi connectivity index (χ1) is 5.83. The summed E-state index contributed by atoms with van der Waals surface area (Å²) in [7, 11) is 0. The predicted octanol–water partition coefficient (Wildman–Crippen LogP) is 1.80. The molecular formula is C10H21NO. The summed E-state index contributed by atoms with van der Waals surface area (Å²) >= 11 is 0. The summed E-state index contributed by atoms with van der Waals surface area (Å²) in [6.45, 7) is 8.38. The molecule has 2 heteroatoms. The van der Waals surface area contributed by atoms with Gasteiger partial charge in [0.2, 0.25) is 0 Å². The van der Waals surface area contributed by atoms with E-state index in [2.05, 4.69) is 19.2 Å². The van der Waals surface area contributed by atoms with Gasteiger partial charge >= 0.3 is 0 Å². The Morgan fingerprint density at radius 2 is 2.08 bits per heavy atom. The molecule has 0 aromatic heterocycles. The van der Waals surface area contributed by atoms with E-state index in [1.807, 2.05) is 0 Å². The van der Waals surface area contributed by atoms with Gasteiger partial charge in [-0.3, -0.25) is 0 Å². The lowest BCUT2D eigenvalue weighted by atomic mass is 10.1. The van der Waals surface area contributed by atoms with Crippen LogP contribution >= 0.6 is 0 Å². The molecule has 0 saturated heterocycles. The Morgan fingerprint density at radius 1 is 1.33 bits per heavy atom. The van der Waals surface area contributed by atoms with Gasteiger partial charge in [-0.15, -0.1) is 0 Å². The van der Waals surface area contributed by atoms with E-state index in [-0.39, 0.29) is 0 Å². The monoisotopic (exact) mass is 171 g/mol. The van der Waals surface area contributed by atoms with Gasteiger partial charge in [-0.1, -0.05) is 6.92 Å². The molecule has 0 unspecified atom stereocenters. The Bertz CT molecular complexity index is 121. The first-order valence-electron chi connectivity index (χ1n) is 5.11. The lowest BCUT2D eigenvalue weighted by Crippen LogP contribution is -2.27. The molecule has 0 aromatic rings. The predicted molar refractivity (Wildman–Crippen MR) is 51.3 cm³/mol. The molecular weight excluding hydrogens is 150 g/mol. The highest BCUT2D eigenvalue weighted by Crippen LogP contribution is 2.45. The quantitative estimate of drug-likeness (QED) is 0.590. The van der Waals surface area contributed by atoms with Crippen LogP contribution in [-0.2, 0) is 4.74 Å². The molecule has 12 heavy (non-hydrogen) atoms. The van der Waals surface area contributed by atoms with Gasteiger partial charge in [0.05, 0.1) is 6.61 Å². The third-order valence-electron chi connectivity index (χ3n) is 2.50. The zero-order chi connectivity index (χ0) is 8.86. The number of rotatable bonds is 7. The van der Waals surface area contributed by atoms with E-state index in [9.17, 15) is 0 Å². The van der Waals surface area contributed by atoms with Crippen molar-refractivity contribution in [3.63, 3.8) is 0 Å². The minimum absolute atomic E-state index is 0.519. The molecule has 0 aliphatic heterocycles. The summed E-state index contributed by atoms with van der Waals surface area (Å²) in [6, 6.07) is 0. The fourth-order valence-electron chi connectivity index (χ4n) is 1.40. The van der Waals surface area contributed by atoms with Crippen molar-refractivity contribution in [2.45, 2.75) is 33.1 Å². The summed E-state index contributed by atoms with van der Waals surface area (Å²) in [5.74, 6) is 0. The molecule has 0 bridgehead atoms. The number of ether oxygens (including phenoxy) is 1. The van der Waals surface area contributed by atoms with E-state index < -0.39 is 0 Å². The maximum atomic E-state index is 5.45. The second kappa shape index (κ2) is 4.83. The van der Waals surface area contributed by atoms with E-state index >= 15 is 0 Å². The van der Waals surface area contributed by atoms with Crippen molar-refractivity contribution in [1.82, 2.24) is 5.32 Å². The van der Waals surface area contributed by atoms with Crippen molar-refractivity contribution in [3.8, 4) is 0 Å². The second-order valence-electron chi connectivity index (χ2n) is 3.81. The van der Waals surface area contributed by atoms with Gasteiger partial charge < -0.3 is 10.1 Å². The summed E-state index contributed by atoms with van der Waals surface area (Å²) in [4.78, 5) is 0. The van der Waals surface area contributed by atoms with E-state index in [1.54, 1.807) is 0 Å². The first-order valence-corrected chi connectivity index (χ1v) is 5.11. The van der Waals surface area contributed by atoms with Crippen LogP contribution in [0.2, 0.25) is 0 Å². The summed E-state index contributed by atoms with van der Waals surface area (Å²) in [5.41, 5.74) is 0.519. The molecule has 72 valence electrons. The smallest absolute Gasteiger partial charge is 0.0534 e. The van der Waals surface area contributed by atoms with Crippen molar-refractivity contribution >= 4 is 0 Å². The van der Waals surface area contributed by atoms with Crippen molar-refractivity contribution in [3.05, 3.63) is 0 Å². The standard InChI is InChI=1S/C10H21NO/c1-3-7-11-8-10(5-6-10)9-12-4-2/h11H,3-9H2,1-2H3. The average molecular weight is 171 g/mol. The van der Waals surface area contributed by atoms with Crippen LogP contribution in [0.1, 0.15) is 33.1 Å². The van der Waals surface area contributed by atoms with Gasteiger partial charge in [0.1, 0.15) is 0 Å². The van der Waals surface area contributed by atoms with E-state index in [4.69, 9.17) is 4.74 Å². The van der Waals surface area contributed by atoms with Crippen LogP contribution in [-0.4, -0.2) is 26.3 Å². The van der Waals surface area contributed by atoms with Crippen LogP contribution in [0.15, 0.2) is 0 Å². The molecule has 1 fully saturated rings. The largest absolute Gasteiger partial charge is 0.381 e. The van der Waals surface area contributed by atoms with Gasteiger partial charge in [-0.25, -0.2) is 0 Å². The summed E-state index contributed by atoms with van der Waals surface area (Å²) in [5, 5.41) is 3.47. The van der Waals surface area contributed by atoms with Crippen molar-refractivity contribution in [2.75, 3.05) is 26.3 Å². The number of hydrogen-bond donors (Lipinski definition) is 1. The maximum absolute atomic E-state index is 5.45. The number of nitrogens with one attached hydrogen (secondary N) is 1. The van der Waals surface area contributed by atoms with E-state index in [0.717, 1.165) is 26.3 Å². The third-order valence-corrected chi connectivity index (χ3v) is 2.50. The lowest BCUT2D eigenvalue weighted by Gasteiger charge is -2.15. The van der Waals surface area contributed by atoms with Crippen LogP contribution in [0.4, 0.5) is 0 Å². The minimum atomic E-state index is 0.519. The Kier molecular flexibility index (Phi) is 4.02. The zero-order valence-corrected chi connectivity index (χ0v) is 8.36. The third kappa shape index (κ3) is 3.11. The molecule has 2 nitrogen and oxygen atoms in total. The van der Waals surface area contributed by atoms with Gasteiger partial charge in [0, 0.05) is 18.6 Å². The van der Waals surface area contributed by atoms with Crippen LogP contribution in [0.3, 0.4) is 0 Å². The first kappa shape index (κ1) is 10.0. The molecule has 1 aliphatic rings. The van der Waals surface area contributed by atoms with Gasteiger partial charge in [0.25, 0.3) is 0 Å². The second-order valence-corrected chi connectivity index (χ2v) is 3.81. The molecule has 0 aromatic carbocycles. The highest BCUT2D eigenvalue weighted by atomic mass is 16.5. The van der Waals surface area contributed by atoms with Crippen molar-refractivity contribution in [2.24, 2.45) is 5.41 Å². The fraction of sp³-hybridized carbons (Fsp3) is 1.00. The van der Waals surface area contributed by atoms with Gasteiger partial charge in [-0.2, -0.15) is 0 Å². The van der Waals surface area contributed by atoms with E-state index in [1.165, 1.54) is 19.3 Å². The van der Waals surface area contributed by atoms with Crippen molar-refractivity contribution in [1.29, 1.82) is 0 Å². The lowest BCUT2D eigenvalue weighted by molar-refractivity contribution is 0.100. The summed E-state index contributed by atoms with van der Waals surface area (Å²) in [6.07, 6.45) is 3.93. The fourth-order valence-corrected chi connectivity index (χ4v) is 1.40. The van der Waals surface area contributed by atoms with Crippen LogP contribution < -0.4 is 5.32 Å². The average Bonchev–Trinajstić information content (AvgIpc) is 2.83. The van der Waals surface area contributed by atoms with Gasteiger partial charge in [-0.05, 0) is 32.7 Å². The Labute approximate surface area is 75.7 Å². The van der Waals surface area contributed by atoms with E-state index in [0.29, 0.717) is 5.41 Å². The Hall–Kier alpha value is -0.0800. The highest BCUT2D eigenvalue weighted by molar-refractivity contribution is 4.94. The SMILES string of the molecule is CCCNCC1(COCC)CC1. The summed E-state index contributed by atoms with van der Waals surface area (Å²) < 4.78 is 5.45. The molecule has 1 aliphatic carbocycles. The minimum Gasteiger partial charge on any atom is -0.381 e. The Balaban J connectivity index is 2.04. The van der Waals surface area contributed by atoms with Crippen molar-refractivity contribution < 1.29 is 4.74 Å². The van der Waals surface area contributed by atoms with Crippen LogP contribution in [0.25, 0.3) is 0 Å². The molecule has 0 amide bonds.